The number of hydrogen-bond donors (Lipinski definition) is 1. The molecule has 18 heavy (non-hydrogen) atoms. The minimum Gasteiger partial charge on any atom is -0.512 e. The largest absolute Gasteiger partial charge is 0.512 e. The summed E-state index contributed by atoms with van der Waals surface area (Å²) in [6.45, 7) is 4.75. The molecule has 0 aliphatic heterocycles. The van der Waals surface area contributed by atoms with Crippen molar-refractivity contribution in [2.75, 3.05) is 7.11 Å². The second-order valence-corrected chi connectivity index (χ2v) is 2.86. The molecular formula is C11H9FN3O2Zn-. The van der Waals surface area contributed by atoms with Crippen LogP contribution in [0.2, 0.25) is 0 Å². The average Bonchev–Trinajstić information content (AvgIpc) is 2.34. The van der Waals surface area contributed by atoms with Crippen LogP contribution in [0.25, 0.3) is 0 Å². The van der Waals surface area contributed by atoms with Crippen molar-refractivity contribution in [2.45, 2.75) is 6.42 Å². The molecule has 1 aromatic carbocycles. The Labute approximate surface area is 117 Å². The maximum absolute atomic E-state index is 13.6. The van der Waals surface area contributed by atoms with E-state index in [2.05, 4.69) is 0 Å². The number of carbonyl (C=O) groups is 1. The van der Waals surface area contributed by atoms with E-state index < -0.39 is 11.7 Å². The van der Waals surface area contributed by atoms with Crippen LogP contribution in [-0.2, 0) is 30.7 Å². The Morgan fingerprint density at radius 2 is 2.11 bits per heavy atom. The van der Waals surface area contributed by atoms with Gasteiger partial charge in [0.25, 0.3) is 0 Å². The minimum absolute atomic E-state index is 0. The first kappa shape index (κ1) is 18.4. The maximum Gasteiger partial charge on any atom is 0.222 e. The van der Waals surface area contributed by atoms with E-state index in [-0.39, 0.29) is 42.8 Å². The molecule has 2 N–H and O–H groups in total. The van der Waals surface area contributed by atoms with E-state index in [0.29, 0.717) is 0 Å². The molecular weight excluding hydrogens is 291 g/mol. The van der Waals surface area contributed by atoms with Gasteiger partial charge in [0, 0.05) is 25.0 Å². The quantitative estimate of drug-likeness (QED) is 0.660. The minimum atomic E-state index is -0.713. The van der Waals surface area contributed by atoms with Gasteiger partial charge in [0.1, 0.15) is 0 Å². The Balaban J connectivity index is 0. The average molecular weight is 300 g/mol. The van der Waals surface area contributed by atoms with E-state index in [0.717, 1.165) is 0 Å². The van der Waals surface area contributed by atoms with Crippen molar-refractivity contribution in [3.8, 4) is 11.8 Å². The molecule has 5 nitrogen and oxygen atoms in total. The van der Waals surface area contributed by atoms with Gasteiger partial charge >= 0.3 is 0 Å². The van der Waals surface area contributed by atoms with Crippen molar-refractivity contribution < 1.29 is 33.4 Å². The smallest absolute Gasteiger partial charge is 0.222 e. The Morgan fingerprint density at radius 1 is 1.56 bits per heavy atom. The first-order valence-electron chi connectivity index (χ1n) is 4.36. The van der Waals surface area contributed by atoms with Crippen LogP contribution in [0.4, 0.5) is 4.39 Å². The molecule has 0 bridgehead atoms. The van der Waals surface area contributed by atoms with E-state index >= 15 is 0 Å². The Kier molecular flexibility index (Phi) is 9.29. The third-order valence-electron chi connectivity index (χ3n) is 1.90. The SMILES string of the molecule is COc1ccc(C#N)c(CC(N)=O)c1F.[C-]#N.[Zn]. The van der Waals surface area contributed by atoms with Crippen LogP contribution in [0.1, 0.15) is 11.1 Å². The van der Waals surface area contributed by atoms with Crippen LogP contribution in [0, 0.1) is 29.0 Å². The summed E-state index contributed by atoms with van der Waals surface area (Å²) < 4.78 is 18.3. The van der Waals surface area contributed by atoms with Crippen molar-refractivity contribution in [1.29, 1.82) is 10.5 Å². The van der Waals surface area contributed by atoms with E-state index in [1.54, 1.807) is 6.07 Å². The predicted octanol–water partition coefficient (Wildman–Crippen LogP) is 0.828. The summed E-state index contributed by atoms with van der Waals surface area (Å²) in [6, 6.07) is 4.51. The van der Waals surface area contributed by atoms with Gasteiger partial charge in [-0.2, -0.15) is 5.26 Å². The molecule has 90 valence electrons. The molecule has 0 aromatic heterocycles. The van der Waals surface area contributed by atoms with E-state index in [1.807, 2.05) is 0 Å². The second-order valence-electron chi connectivity index (χ2n) is 2.86. The molecule has 0 aliphatic carbocycles. The summed E-state index contributed by atoms with van der Waals surface area (Å²) in [5, 5.41) is 15.0. The van der Waals surface area contributed by atoms with Crippen LogP contribution in [-0.4, -0.2) is 13.0 Å². The van der Waals surface area contributed by atoms with Gasteiger partial charge in [-0.05, 0) is 12.1 Å². The van der Waals surface area contributed by atoms with Gasteiger partial charge in [0.05, 0.1) is 25.2 Å². The first-order chi connectivity index (χ1) is 8.10. The molecule has 0 spiro atoms. The molecule has 0 atom stereocenters. The number of primary amides is 1. The Bertz CT molecular complexity index is 483. The van der Waals surface area contributed by atoms with Crippen LogP contribution >= 0.6 is 0 Å². The summed E-state index contributed by atoms with van der Waals surface area (Å²) >= 11 is 0. The first-order valence-corrected chi connectivity index (χ1v) is 4.36. The Hall–Kier alpha value is -1.98. The summed E-state index contributed by atoms with van der Waals surface area (Å²) in [5.41, 5.74) is 5.02. The van der Waals surface area contributed by atoms with E-state index in [1.165, 1.54) is 19.2 Å². The molecule has 0 fully saturated rings. The number of rotatable bonds is 3. The molecule has 7 heteroatoms. The summed E-state index contributed by atoms with van der Waals surface area (Å²) in [5.74, 6) is -1.42. The van der Waals surface area contributed by atoms with Gasteiger partial charge in [-0.3, -0.25) is 4.79 Å². The van der Waals surface area contributed by atoms with Crippen molar-refractivity contribution in [3.05, 3.63) is 35.6 Å². The van der Waals surface area contributed by atoms with Crippen molar-refractivity contribution >= 4 is 5.91 Å². The predicted molar refractivity (Wildman–Crippen MR) is 55.5 cm³/mol. The van der Waals surface area contributed by atoms with Gasteiger partial charge in [-0.1, -0.05) is 0 Å². The zero-order chi connectivity index (χ0) is 13.4. The van der Waals surface area contributed by atoms with Crippen molar-refractivity contribution in [3.63, 3.8) is 0 Å². The van der Waals surface area contributed by atoms with Crippen LogP contribution in [0.15, 0.2) is 12.1 Å². The number of carbonyl (C=O) groups excluding carboxylic acids is 1. The number of halogens is 1. The summed E-state index contributed by atoms with van der Waals surface area (Å²) in [7, 11) is 1.30. The molecule has 1 amide bonds. The van der Waals surface area contributed by atoms with Crippen molar-refractivity contribution in [1.82, 2.24) is 0 Å². The van der Waals surface area contributed by atoms with E-state index in [4.69, 9.17) is 27.6 Å². The van der Waals surface area contributed by atoms with E-state index in [9.17, 15) is 9.18 Å². The topological polar surface area (TPSA) is 99.9 Å². The number of nitriles is 1. The molecule has 0 aliphatic rings. The molecule has 0 unspecified atom stereocenters. The third-order valence-corrected chi connectivity index (χ3v) is 1.90. The summed E-state index contributed by atoms with van der Waals surface area (Å²) in [6.07, 6.45) is -0.314. The second kappa shape index (κ2) is 9.09. The van der Waals surface area contributed by atoms with Crippen LogP contribution in [0.3, 0.4) is 0 Å². The number of ether oxygens (including phenoxy) is 1. The molecule has 1 rings (SSSR count). The number of amides is 1. The zero-order valence-corrected chi connectivity index (χ0v) is 12.7. The number of methoxy groups -OCH3 is 1. The molecule has 1 aromatic rings. The molecule has 0 saturated heterocycles. The molecule has 0 heterocycles. The number of hydrogen-bond acceptors (Lipinski definition) is 4. The fraction of sp³-hybridized carbons (Fsp3) is 0.182. The third kappa shape index (κ3) is 4.49. The maximum atomic E-state index is 13.6. The monoisotopic (exact) mass is 298 g/mol. The fourth-order valence-corrected chi connectivity index (χ4v) is 1.21. The van der Waals surface area contributed by atoms with Gasteiger partial charge in [-0.15, -0.1) is 0 Å². The van der Waals surface area contributed by atoms with Gasteiger partial charge in [0.15, 0.2) is 11.6 Å². The van der Waals surface area contributed by atoms with Crippen LogP contribution in [0.5, 0.6) is 5.75 Å². The number of benzene rings is 1. The van der Waals surface area contributed by atoms with Crippen molar-refractivity contribution in [2.24, 2.45) is 5.73 Å². The van der Waals surface area contributed by atoms with Gasteiger partial charge in [-0.25, -0.2) is 4.39 Å². The number of nitrogens with zero attached hydrogens (tertiary/aromatic N) is 2. The Morgan fingerprint density at radius 3 is 2.50 bits per heavy atom. The van der Waals surface area contributed by atoms with Gasteiger partial charge < -0.3 is 22.3 Å². The fourth-order valence-electron chi connectivity index (χ4n) is 1.21. The number of nitrogens with two attached hydrogens (primary N) is 1. The summed E-state index contributed by atoms with van der Waals surface area (Å²) in [4.78, 5) is 10.7. The molecule has 0 radical (unpaired) electrons. The zero-order valence-electron chi connectivity index (χ0n) is 9.74. The molecule has 0 saturated carbocycles. The van der Waals surface area contributed by atoms with Gasteiger partial charge in [0.2, 0.25) is 5.91 Å². The van der Waals surface area contributed by atoms with Crippen LogP contribution < -0.4 is 10.5 Å². The normalized spacial score (nSPS) is 7.94. The standard InChI is InChI=1S/C10H9FN2O2.CN.Zn/c1-15-8-3-2-6(5-12)7(10(8)11)4-9(13)14;1-2;/h2-3H,4H2,1H3,(H2,13,14);;/q;-1;.